The molecule has 3 aliphatic rings. The van der Waals surface area contributed by atoms with Gasteiger partial charge in [0.2, 0.25) is 0 Å². The molecule has 0 aromatic heterocycles. The lowest BCUT2D eigenvalue weighted by Crippen LogP contribution is -2.43. The first-order chi connectivity index (χ1) is 7.74. The fourth-order valence-corrected chi connectivity index (χ4v) is 4.06. The molecule has 1 heterocycles. The molecule has 0 spiro atoms. The van der Waals surface area contributed by atoms with Crippen LogP contribution in [0.25, 0.3) is 0 Å². The van der Waals surface area contributed by atoms with E-state index in [1.54, 1.807) is 0 Å². The Morgan fingerprint density at radius 2 is 1.69 bits per heavy atom. The Morgan fingerprint density at radius 3 is 2.19 bits per heavy atom. The molecule has 0 unspecified atom stereocenters. The zero-order valence-corrected chi connectivity index (χ0v) is 9.77. The van der Waals surface area contributed by atoms with Gasteiger partial charge in [0.1, 0.15) is 0 Å². The number of piperidine rings is 1. The van der Waals surface area contributed by atoms with Crippen LogP contribution in [-0.4, -0.2) is 34.6 Å². The second-order valence-electron chi connectivity index (χ2n) is 5.87. The minimum absolute atomic E-state index is 0.0592. The summed E-state index contributed by atoms with van der Waals surface area (Å²) in [7, 11) is 0. The number of hydrogen-bond donors (Lipinski definition) is 1. The predicted octanol–water partition coefficient (Wildman–Crippen LogP) is 2.11. The van der Waals surface area contributed by atoms with E-state index >= 15 is 0 Å². The Morgan fingerprint density at radius 1 is 1.00 bits per heavy atom. The molecule has 0 amide bonds. The summed E-state index contributed by atoms with van der Waals surface area (Å²) in [5.41, 5.74) is 0. The molecule has 2 saturated carbocycles. The van der Waals surface area contributed by atoms with Crippen LogP contribution in [0, 0.1) is 11.8 Å². The smallest absolute Gasteiger partial charge is 0.306 e. The van der Waals surface area contributed by atoms with Crippen molar-refractivity contribution in [2.24, 2.45) is 11.8 Å². The first kappa shape index (κ1) is 10.6. The third kappa shape index (κ3) is 1.75. The summed E-state index contributed by atoms with van der Waals surface area (Å²) in [5.74, 6) is 0.319. The van der Waals surface area contributed by atoms with Crippen molar-refractivity contribution in [1.82, 2.24) is 4.90 Å². The van der Waals surface area contributed by atoms with Gasteiger partial charge in [0.05, 0.1) is 5.92 Å². The molecule has 2 atom stereocenters. The molecule has 2 bridgehead atoms. The summed E-state index contributed by atoms with van der Waals surface area (Å²) >= 11 is 0. The van der Waals surface area contributed by atoms with Gasteiger partial charge in [-0.1, -0.05) is 0 Å². The Kier molecular flexibility index (Phi) is 2.66. The van der Waals surface area contributed by atoms with Crippen LogP contribution in [0.2, 0.25) is 0 Å². The first-order valence-electron chi connectivity index (χ1n) is 6.72. The molecule has 16 heavy (non-hydrogen) atoms. The molecule has 0 radical (unpaired) electrons. The van der Waals surface area contributed by atoms with Crippen molar-refractivity contribution in [3.05, 3.63) is 0 Å². The summed E-state index contributed by atoms with van der Waals surface area (Å²) in [6, 6.07) is 1.54. The molecule has 3 rings (SSSR count). The summed E-state index contributed by atoms with van der Waals surface area (Å²) < 4.78 is 0. The van der Waals surface area contributed by atoms with Crippen molar-refractivity contribution in [3.8, 4) is 0 Å². The molecule has 3 nitrogen and oxygen atoms in total. The van der Waals surface area contributed by atoms with Crippen LogP contribution in [0.4, 0.5) is 0 Å². The van der Waals surface area contributed by atoms with E-state index in [-0.39, 0.29) is 5.92 Å². The largest absolute Gasteiger partial charge is 0.481 e. The second kappa shape index (κ2) is 4.02. The van der Waals surface area contributed by atoms with Crippen LogP contribution in [0.15, 0.2) is 0 Å². The average molecular weight is 223 g/mol. The average Bonchev–Trinajstić information content (AvgIpc) is 2.91. The Balaban J connectivity index is 1.56. The lowest BCUT2D eigenvalue weighted by molar-refractivity contribution is -0.143. The van der Waals surface area contributed by atoms with E-state index in [4.69, 9.17) is 5.11 Å². The topological polar surface area (TPSA) is 40.5 Å². The molecular formula is C13H21NO2. The van der Waals surface area contributed by atoms with Crippen LogP contribution in [0.1, 0.15) is 44.9 Å². The number of fused-ring (bicyclic) bond motifs is 2. The second-order valence-corrected chi connectivity index (χ2v) is 5.87. The van der Waals surface area contributed by atoms with E-state index in [0.29, 0.717) is 6.04 Å². The SMILES string of the molecule is O=C(O)C1CCC(N2C[C@H]3CC[C@H]2C3)CC1. The summed E-state index contributed by atoms with van der Waals surface area (Å²) in [6.45, 7) is 1.30. The minimum atomic E-state index is -0.582. The van der Waals surface area contributed by atoms with E-state index in [1.807, 2.05) is 0 Å². The molecule has 1 saturated heterocycles. The van der Waals surface area contributed by atoms with Crippen LogP contribution in [0.5, 0.6) is 0 Å². The third-order valence-electron chi connectivity index (χ3n) is 4.97. The predicted molar refractivity (Wildman–Crippen MR) is 61.2 cm³/mol. The maximum absolute atomic E-state index is 10.9. The third-order valence-corrected chi connectivity index (χ3v) is 4.97. The minimum Gasteiger partial charge on any atom is -0.481 e. The molecule has 3 fully saturated rings. The highest BCUT2D eigenvalue weighted by Gasteiger charge is 2.42. The van der Waals surface area contributed by atoms with Gasteiger partial charge < -0.3 is 5.11 Å². The van der Waals surface area contributed by atoms with Gasteiger partial charge in [0.25, 0.3) is 0 Å². The fraction of sp³-hybridized carbons (Fsp3) is 0.923. The number of rotatable bonds is 2. The van der Waals surface area contributed by atoms with Gasteiger partial charge in [-0.25, -0.2) is 0 Å². The maximum atomic E-state index is 10.9. The van der Waals surface area contributed by atoms with E-state index in [1.165, 1.54) is 25.8 Å². The number of likely N-dealkylation sites (tertiary alicyclic amines) is 1. The van der Waals surface area contributed by atoms with Crippen LogP contribution in [-0.2, 0) is 4.79 Å². The Hall–Kier alpha value is -0.570. The summed E-state index contributed by atoms with van der Waals surface area (Å²) in [6.07, 6.45) is 8.26. The van der Waals surface area contributed by atoms with E-state index in [2.05, 4.69) is 4.90 Å². The van der Waals surface area contributed by atoms with Crippen molar-refractivity contribution in [1.29, 1.82) is 0 Å². The summed E-state index contributed by atoms with van der Waals surface area (Å²) in [5, 5.41) is 8.98. The van der Waals surface area contributed by atoms with Gasteiger partial charge in [0.15, 0.2) is 0 Å². The van der Waals surface area contributed by atoms with Gasteiger partial charge in [-0.05, 0) is 50.9 Å². The highest BCUT2D eigenvalue weighted by atomic mass is 16.4. The van der Waals surface area contributed by atoms with Crippen molar-refractivity contribution in [3.63, 3.8) is 0 Å². The zero-order chi connectivity index (χ0) is 11.1. The zero-order valence-electron chi connectivity index (χ0n) is 9.77. The van der Waals surface area contributed by atoms with Gasteiger partial charge in [0, 0.05) is 18.6 Å². The molecular weight excluding hydrogens is 202 g/mol. The van der Waals surface area contributed by atoms with Crippen molar-refractivity contribution in [2.75, 3.05) is 6.54 Å². The highest BCUT2D eigenvalue weighted by Crippen LogP contribution is 2.41. The standard InChI is InChI=1S/C13H21NO2/c15-13(16)10-2-5-11(6-3-10)14-8-9-1-4-12(14)7-9/h9-12H,1-8H2,(H,15,16)/t9-,10?,11?,12-/m0/s1. The van der Waals surface area contributed by atoms with Crippen molar-refractivity contribution >= 4 is 5.97 Å². The number of nitrogens with zero attached hydrogens (tertiary/aromatic N) is 1. The summed E-state index contributed by atoms with van der Waals surface area (Å²) in [4.78, 5) is 13.6. The van der Waals surface area contributed by atoms with E-state index < -0.39 is 5.97 Å². The van der Waals surface area contributed by atoms with Gasteiger partial charge in [-0.15, -0.1) is 0 Å². The maximum Gasteiger partial charge on any atom is 0.306 e. The molecule has 90 valence electrons. The van der Waals surface area contributed by atoms with Gasteiger partial charge in [-0.3, -0.25) is 9.69 Å². The number of carboxylic acid groups (broad SMARTS) is 1. The quantitative estimate of drug-likeness (QED) is 0.779. The van der Waals surface area contributed by atoms with E-state index in [0.717, 1.165) is 37.6 Å². The molecule has 0 aromatic rings. The lowest BCUT2D eigenvalue weighted by atomic mass is 9.85. The first-order valence-corrected chi connectivity index (χ1v) is 6.72. The number of carbonyl (C=O) groups is 1. The molecule has 1 aliphatic heterocycles. The number of carboxylic acids is 1. The molecule has 3 heteroatoms. The monoisotopic (exact) mass is 223 g/mol. The highest BCUT2D eigenvalue weighted by molar-refractivity contribution is 5.70. The number of aliphatic carboxylic acids is 1. The van der Waals surface area contributed by atoms with Crippen molar-refractivity contribution in [2.45, 2.75) is 57.0 Å². The Labute approximate surface area is 96.8 Å². The normalized spacial score (nSPS) is 43.8. The Bertz CT molecular complexity index is 284. The van der Waals surface area contributed by atoms with Crippen molar-refractivity contribution < 1.29 is 9.90 Å². The van der Waals surface area contributed by atoms with Gasteiger partial charge >= 0.3 is 5.97 Å². The van der Waals surface area contributed by atoms with Crippen LogP contribution >= 0.6 is 0 Å². The molecule has 0 aromatic carbocycles. The number of hydrogen-bond acceptors (Lipinski definition) is 2. The van der Waals surface area contributed by atoms with Crippen LogP contribution < -0.4 is 0 Å². The molecule has 2 aliphatic carbocycles. The fourth-order valence-electron chi connectivity index (χ4n) is 4.06. The lowest BCUT2D eigenvalue weighted by Gasteiger charge is -2.38. The van der Waals surface area contributed by atoms with Gasteiger partial charge in [-0.2, -0.15) is 0 Å². The van der Waals surface area contributed by atoms with Crippen LogP contribution in [0.3, 0.4) is 0 Å². The van der Waals surface area contributed by atoms with E-state index in [9.17, 15) is 4.79 Å². The molecule has 1 N–H and O–H groups in total.